The Bertz CT molecular complexity index is 833. The minimum atomic E-state index is -0.587. The van der Waals surface area contributed by atoms with Crippen LogP contribution in [0.1, 0.15) is 31.9 Å². The number of likely N-dealkylation sites (N-methyl/N-ethyl adjacent to an activating group) is 1. The molecule has 26 heavy (non-hydrogen) atoms. The molecule has 0 atom stereocenters. The third kappa shape index (κ3) is 3.80. The van der Waals surface area contributed by atoms with Gasteiger partial charge in [0.25, 0.3) is 0 Å². The maximum atomic E-state index is 14.5. The summed E-state index contributed by atoms with van der Waals surface area (Å²) in [5.41, 5.74) is 2.77. The van der Waals surface area contributed by atoms with E-state index in [-0.39, 0.29) is 5.56 Å². The Balaban J connectivity index is 0.00000117. The van der Waals surface area contributed by atoms with E-state index in [1.807, 2.05) is 62.1 Å². The van der Waals surface area contributed by atoms with Gasteiger partial charge in [0.15, 0.2) is 0 Å². The predicted molar refractivity (Wildman–Crippen MR) is 109 cm³/mol. The van der Waals surface area contributed by atoms with E-state index >= 15 is 0 Å². The molecule has 2 aromatic carbocycles. The van der Waals surface area contributed by atoms with Gasteiger partial charge in [-0.1, -0.05) is 56.8 Å². The van der Waals surface area contributed by atoms with Crippen molar-refractivity contribution >= 4 is 27.2 Å². The Labute approximate surface area is 162 Å². The molecule has 0 aliphatic carbocycles. The Morgan fingerprint density at radius 3 is 2.08 bits per heavy atom. The van der Waals surface area contributed by atoms with E-state index in [9.17, 15) is 8.78 Å². The van der Waals surface area contributed by atoms with E-state index < -0.39 is 11.6 Å². The molecule has 4 heteroatoms. The number of rotatable bonds is 3. The van der Waals surface area contributed by atoms with Crippen molar-refractivity contribution in [3.05, 3.63) is 94.1 Å². The van der Waals surface area contributed by atoms with Gasteiger partial charge < -0.3 is 4.90 Å². The summed E-state index contributed by atoms with van der Waals surface area (Å²) in [7, 11) is 0. The highest BCUT2D eigenvalue weighted by molar-refractivity contribution is 9.12. The molecule has 2 aromatic rings. The average Bonchev–Trinajstić information content (AvgIpc) is 2.66. The number of halogens is 3. The fourth-order valence-electron chi connectivity index (χ4n) is 2.87. The third-order valence-electron chi connectivity index (χ3n) is 4.00. The summed E-state index contributed by atoms with van der Waals surface area (Å²) in [6.07, 6.45) is 1.87. The topological polar surface area (TPSA) is 3.24 Å². The van der Waals surface area contributed by atoms with Crippen LogP contribution in [0, 0.1) is 11.6 Å². The lowest BCUT2D eigenvalue weighted by molar-refractivity contribution is 0.509. The van der Waals surface area contributed by atoms with Gasteiger partial charge in [-0.2, -0.15) is 0 Å². The smallest absolute Gasteiger partial charge is 0.135 e. The average molecular weight is 418 g/mol. The standard InChI is InChI=1S/C20H16BrF2N.C2H6/c1-3-24-13(2)16(21)12-15(14-8-5-4-6-9-14)20(24)19-17(22)10-7-11-18(19)23;1-2/h4-12H,2-3H2,1H3;1-2H3. The quantitative estimate of drug-likeness (QED) is 0.519. The van der Waals surface area contributed by atoms with E-state index in [1.165, 1.54) is 18.2 Å². The first kappa shape index (κ1) is 20.1. The molecular formula is C22H22BrF2N. The van der Waals surface area contributed by atoms with Crippen molar-refractivity contribution in [2.24, 2.45) is 0 Å². The van der Waals surface area contributed by atoms with Crippen molar-refractivity contribution in [1.29, 1.82) is 0 Å². The normalized spacial score (nSPS) is 14.0. The van der Waals surface area contributed by atoms with Gasteiger partial charge in [-0.3, -0.25) is 0 Å². The summed E-state index contributed by atoms with van der Waals surface area (Å²) in [4.78, 5) is 1.83. The summed E-state index contributed by atoms with van der Waals surface area (Å²) < 4.78 is 29.8. The van der Waals surface area contributed by atoms with Crippen molar-refractivity contribution in [3.63, 3.8) is 0 Å². The lowest BCUT2D eigenvalue weighted by atomic mass is 9.94. The molecule has 1 aliphatic rings. The zero-order valence-corrected chi connectivity index (χ0v) is 16.8. The molecule has 0 radical (unpaired) electrons. The van der Waals surface area contributed by atoms with E-state index in [4.69, 9.17) is 0 Å². The van der Waals surface area contributed by atoms with E-state index in [0.29, 0.717) is 17.9 Å². The molecule has 0 fully saturated rings. The van der Waals surface area contributed by atoms with Crippen molar-refractivity contribution in [2.75, 3.05) is 6.54 Å². The molecule has 136 valence electrons. The second-order valence-electron chi connectivity index (χ2n) is 5.41. The number of hydrogen-bond donors (Lipinski definition) is 0. The van der Waals surface area contributed by atoms with Crippen LogP contribution in [-0.4, -0.2) is 11.4 Å². The SMILES string of the molecule is C=C1C(Br)=CC(c2ccccc2)=C(c2c(F)cccc2F)N1CC.CC. The molecule has 1 heterocycles. The van der Waals surface area contributed by atoms with Crippen LogP contribution >= 0.6 is 15.9 Å². The largest absolute Gasteiger partial charge is 0.340 e. The van der Waals surface area contributed by atoms with Gasteiger partial charge in [-0.25, -0.2) is 8.78 Å². The van der Waals surface area contributed by atoms with E-state index in [2.05, 4.69) is 22.5 Å². The van der Waals surface area contributed by atoms with Crippen molar-refractivity contribution in [1.82, 2.24) is 4.90 Å². The lowest BCUT2D eigenvalue weighted by Crippen LogP contribution is -2.25. The molecule has 0 spiro atoms. The van der Waals surface area contributed by atoms with Crippen LogP contribution in [0.4, 0.5) is 8.78 Å². The van der Waals surface area contributed by atoms with Gasteiger partial charge in [0.1, 0.15) is 11.6 Å². The van der Waals surface area contributed by atoms with Crippen LogP contribution in [0.15, 0.2) is 71.4 Å². The molecule has 0 saturated heterocycles. The Morgan fingerprint density at radius 1 is 0.962 bits per heavy atom. The second kappa shape index (κ2) is 8.95. The molecule has 0 amide bonds. The zero-order chi connectivity index (χ0) is 19.3. The van der Waals surface area contributed by atoms with Gasteiger partial charge in [-0.15, -0.1) is 0 Å². The van der Waals surface area contributed by atoms with Crippen LogP contribution in [0.3, 0.4) is 0 Å². The molecule has 1 nitrogen and oxygen atoms in total. The first-order chi connectivity index (χ1) is 12.5. The van der Waals surface area contributed by atoms with Crippen LogP contribution < -0.4 is 0 Å². The Kier molecular flexibility index (Phi) is 6.92. The molecule has 0 N–H and O–H groups in total. The molecule has 0 unspecified atom stereocenters. The van der Waals surface area contributed by atoms with Gasteiger partial charge in [0, 0.05) is 22.3 Å². The van der Waals surface area contributed by atoms with Crippen LogP contribution in [0.25, 0.3) is 11.3 Å². The molecule has 1 aliphatic heterocycles. The van der Waals surface area contributed by atoms with Crippen molar-refractivity contribution in [2.45, 2.75) is 20.8 Å². The lowest BCUT2D eigenvalue weighted by Gasteiger charge is -2.34. The monoisotopic (exact) mass is 417 g/mol. The number of allylic oxidation sites excluding steroid dienone is 3. The maximum absolute atomic E-state index is 14.5. The fraction of sp³-hybridized carbons (Fsp3) is 0.182. The van der Waals surface area contributed by atoms with Gasteiger partial charge in [-0.05, 0) is 46.6 Å². The summed E-state index contributed by atoms with van der Waals surface area (Å²) in [6.45, 7) is 10.5. The fourth-order valence-corrected chi connectivity index (χ4v) is 3.31. The molecule has 0 bridgehead atoms. The van der Waals surface area contributed by atoms with Crippen LogP contribution in [0.5, 0.6) is 0 Å². The Morgan fingerprint density at radius 2 is 1.54 bits per heavy atom. The summed E-state index contributed by atoms with van der Waals surface area (Å²) in [6, 6.07) is 13.5. The Hall–Kier alpha value is -2.20. The molecular weight excluding hydrogens is 396 g/mol. The van der Waals surface area contributed by atoms with Gasteiger partial charge in [0.2, 0.25) is 0 Å². The van der Waals surface area contributed by atoms with Crippen LogP contribution in [-0.2, 0) is 0 Å². The third-order valence-corrected chi connectivity index (χ3v) is 4.68. The number of benzene rings is 2. The summed E-state index contributed by atoms with van der Waals surface area (Å²) >= 11 is 3.51. The molecule has 3 rings (SSSR count). The highest BCUT2D eigenvalue weighted by Crippen LogP contribution is 2.42. The molecule has 0 saturated carbocycles. The van der Waals surface area contributed by atoms with Gasteiger partial charge in [0.05, 0.1) is 11.3 Å². The second-order valence-corrected chi connectivity index (χ2v) is 6.26. The minimum absolute atomic E-state index is 0.0318. The zero-order valence-electron chi connectivity index (χ0n) is 15.2. The minimum Gasteiger partial charge on any atom is -0.340 e. The number of hydrogen-bond acceptors (Lipinski definition) is 1. The maximum Gasteiger partial charge on any atom is 0.135 e. The highest BCUT2D eigenvalue weighted by atomic mass is 79.9. The van der Waals surface area contributed by atoms with Gasteiger partial charge >= 0.3 is 0 Å². The summed E-state index contributed by atoms with van der Waals surface area (Å²) in [5.74, 6) is -1.17. The number of nitrogens with zero attached hydrogens (tertiary/aromatic N) is 1. The predicted octanol–water partition coefficient (Wildman–Crippen LogP) is 6.99. The van der Waals surface area contributed by atoms with Crippen molar-refractivity contribution in [3.8, 4) is 0 Å². The highest BCUT2D eigenvalue weighted by Gasteiger charge is 2.28. The first-order valence-electron chi connectivity index (χ1n) is 8.62. The van der Waals surface area contributed by atoms with Crippen LogP contribution in [0.2, 0.25) is 0 Å². The van der Waals surface area contributed by atoms with E-state index in [0.717, 1.165) is 15.6 Å². The first-order valence-corrected chi connectivity index (χ1v) is 9.42. The summed E-state index contributed by atoms with van der Waals surface area (Å²) in [5, 5.41) is 0. The van der Waals surface area contributed by atoms with Crippen molar-refractivity contribution < 1.29 is 8.78 Å². The molecule has 0 aromatic heterocycles. The van der Waals surface area contributed by atoms with E-state index in [1.54, 1.807) is 0 Å².